The van der Waals surface area contributed by atoms with E-state index < -0.39 is 0 Å². The van der Waals surface area contributed by atoms with E-state index in [-0.39, 0.29) is 32.2 Å². The number of halogens is 2. The second kappa shape index (κ2) is 19.1. The zero-order valence-corrected chi connectivity index (χ0v) is 27.4. The van der Waals surface area contributed by atoms with Crippen molar-refractivity contribution in [3.63, 3.8) is 0 Å². The van der Waals surface area contributed by atoms with Gasteiger partial charge in [-0.25, -0.2) is 6.08 Å². The van der Waals surface area contributed by atoms with Crippen LogP contribution in [0.4, 0.5) is 0 Å². The normalized spacial score (nSPS) is 11.3. The molecule has 0 fully saturated rings. The first-order chi connectivity index (χ1) is 16.8. The molecular weight excluding hydrogens is 583 g/mol. The molecule has 2 aliphatic carbocycles. The van der Waals surface area contributed by atoms with Crippen molar-refractivity contribution in [3.8, 4) is 11.1 Å². The van der Waals surface area contributed by atoms with Gasteiger partial charge in [-0.2, -0.15) is 71.3 Å². The van der Waals surface area contributed by atoms with Crippen LogP contribution in [0.5, 0.6) is 0 Å². The molecule has 2 aliphatic rings. The maximum atomic E-state index is 3.82. The molecule has 0 atom stereocenters. The van der Waals surface area contributed by atoms with Gasteiger partial charge in [-0.3, -0.25) is 6.08 Å². The number of hydrogen-bond donors (Lipinski definition) is 0. The van der Waals surface area contributed by atoms with Crippen molar-refractivity contribution in [2.75, 3.05) is 0 Å². The first kappa shape index (κ1) is 38.1. The van der Waals surface area contributed by atoms with Gasteiger partial charge in [0.15, 0.2) is 0 Å². The van der Waals surface area contributed by atoms with Crippen LogP contribution in [0.1, 0.15) is 55.0 Å². The molecule has 0 heterocycles. The van der Waals surface area contributed by atoms with Crippen molar-refractivity contribution in [2.45, 2.75) is 40.5 Å². The van der Waals surface area contributed by atoms with Crippen molar-refractivity contribution >= 4 is 41.2 Å². The molecule has 3 heteroatoms. The van der Waals surface area contributed by atoms with Crippen LogP contribution in [0, 0.1) is 38.0 Å². The van der Waals surface area contributed by atoms with Gasteiger partial charge in [0.1, 0.15) is 0 Å². The summed E-state index contributed by atoms with van der Waals surface area (Å²) >= 11 is 1.30. The Balaban J connectivity index is 0. The Morgan fingerprint density at radius 2 is 1.50 bits per heavy atom. The van der Waals surface area contributed by atoms with E-state index in [1.54, 1.807) is 0 Å². The van der Waals surface area contributed by atoms with E-state index in [1.165, 1.54) is 63.2 Å². The molecule has 3 aromatic carbocycles. The van der Waals surface area contributed by atoms with Gasteiger partial charge in [-0.15, -0.1) is 55.0 Å². The first-order valence-electron chi connectivity index (χ1n) is 11.8. The van der Waals surface area contributed by atoms with Crippen LogP contribution in [0.3, 0.4) is 0 Å². The van der Waals surface area contributed by atoms with Crippen molar-refractivity contribution in [3.05, 3.63) is 139 Å². The van der Waals surface area contributed by atoms with Crippen molar-refractivity contribution in [1.82, 2.24) is 0 Å². The molecule has 202 valence electrons. The maximum absolute atomic E-state index is 3.82. The Hall–Kier alpha value is -2.05. The molecule has 0 N–H and O–H groups in total. The molecule has 0 spiro atoms. The fourth-order valence-corrected chi connectivity index (χ4v) is 3.75. The van der Waals surface area contributed by atoms with Crippen molar-refractivity contribution in [1.29, 1.82) is 0 Å². The predicted octanol–water partition coefficient (Wildman–Crippen LogP) is 10.1. The van der Waals surface area contributed by atoms with Crippen LogP contribution in [0.15, 0.2) is 85.5 Å². The molecule has 0 aromatic heterocycles. The van der Waals surface area contributed by atoms with E-state index in [0.29, 0.717) is 5.41 Å². The monoisotopic (exact) mass is 620 g/mol. The van der Waals surface area contributed by atoms with Crippen LogP contribution in [0.25, 0.3) is 23.3 Å². The Labute approximate surface area is 259 Å². The molecule has 0 aliphatic heterocycles. The van der Waals surface area contributed by atoms with Crippen molar-refractivity contribution < 1.29 is 24.2 Å². The molecule has 0 amide bonds. The van der Waals surface area contributed by atoms with Crippen LogP contribution < -0.4 is 0 Å². The summed E-state index contributed by atoms with van der Waals surface area (Å²) in [6, 6.07) is 24.9. The Morgan fingerprint density at radius 3 is 1.95 bits per heavy atom. The van der Waals surface area contributed by atoms with Gasteiger partial charge in [0, 0.05) is 0 Å². The minimum absolute atomic E-state index is 0. The Bertz CT molecular complexity index is 1140. The summed E-state index contributed by atoms with van der Waals surface area (Å²) in [6.07, 6.45) is 13.2. The minimum atomic E-state index is 0. The Morgan fingerprint density at radius 1 is 0.895 bits per heavy atom. The van der Waals surface area contributed by atoms with E-state index in [1.807, 2.05) is 42.5 Å². The molecule has 0 saturated heterocycles. The average Bonchev–Trinajstić information content (AvgIpc) is 3.54. The van der Waals surface area contributed by atoms with Gasteiger partial charge in [-0.1, -0.05) is 75.1 Å². The van der Waals surface area contributed by atoms with Gasteiger partial charge in [-0.05, 0) is 12.0 Å². The fourth-order valence-electron chi connectivity index (χ4n) is 3.75. The van der Waals surface area contributed by atoms with E-state index >= 15 is 0 Å². The van der Waals surface area contributed by atoms with Gasteiger partial charge >= 0.3 is 28.4 Å². The predicted molar refractivity (Wildman–Crippen MR) is 172 cm³/mol. The molecule has 3 aromatic rings. The smallest absolute Gasteiger partial charge is 0.358 e. The Kier molecular flexibility index (Phi) is 19.1. The summed E-state index contributed by atoms with van der Waals surface area (Å²) in [5.41, 5.74) is 10.6. The van der Waals surface area contributed by atoms with E-state index in [0.717, 1.165) is 18.4 Å². The average molecular weight is 623 g/mol. The number of rotatable bonds is 2. The number of benzene rings is 3. The number of fused-ring (bicyclic) bond motifs is 3. The summed E-state index contributed by atoms with van der Waals surface area (Å²) in [7, 11) is 0. The van der Waals surface area contributed by atoms with Gasteiger partial charge in [0.25, 0.3) is 0 Å². The molecule has 0 radical (unpaired) electrons. The largest absolute Gasteiger partial charge is 0.358 e. The van der Waals surface area contributed by atoms with Crippen LogP contribution in [0.2, 0.25) is 0 Å². The minimum Gasteiger partial charge on any atom is -0.358 e. The summed E-state index contributed by atoms with van der Waals surface area (Å²) in [4.78, 5) is 0. The molecule has 0 nitrogen and oxygen atoms in total. The van der Waals surface area contributed by atoms with Gasteiger partial charge in [0.2, 0.25) is 0 Å². The van der Waals surface area contributed by atoms with E-state index in [4.69, 9.17) is 0 Å². The summed E-state index contributed by atoms with van der Waals surface area (Å²) in [5.74, 6) is 0. The van der Waals surface area contributed by atoms with Crippen LogP contribution in [-0.2, 0) is 30.7 Å². The SMILES string of the molecule is C=Cc1c[c-]c2c(c1)-c1cc(C=C)ccc1C2.CC(C)(C)C1=CC[C-]=C1.Cc1cc[c-]cc1.Cl.Cl.[CH2]=[Zr].[CH3-]. The molecular formula is C35H40Cl2Zr-4. The van der Waals surface area contributed by atoms with Crippen molar-refractivity contribution in [2.24, 2.45) is 5.41 Å². The van der Waals surface area contributed by atoms with E-state index in [2.05, 4.69) is 99.7 Å². The topological polar surface area (TPSA) is 0 Å². The van der Waals surface area contributed by atoms with Gasteiger partial charge < -0.3 is 7.43 Å². The fraction of sp³-hybridized carbons (Fsp3) is 0.200. The molecule has 5 rings (SSSR count). The zero-order chi connectivity index (χ0) is 25.8. The molecule has 0 unspecified atom stereocenters. The van der Waals surface area contributed by atoms with Crippen LogP contribution >= 0.6 is 24.8 Å². The zero-order valence-electron chi connectivity index (χ0n) is 23.4. The van der Waals surface area contributed by atoms with E-state index in [9.17, 15) is 0 Å². The summed E-state index contributed by atoms with van der Waals surface area (Å²) in [6.45, 7) is 16.4. The third kappa shape index (κ3) is 11.4. The standard InChI is InChI=1S/C17H13.C9H13.C7H7.CH3.CH2.2ClH.Zr/c1-3-12-5-7-14-11-15-8-6-13(4-2)10-17(15)16(14)9-12;1-9(2,3)8-6-4-5-7-8;1-7-5-3-2-4-6-7;;;;;/h3-7,9-10H,1-2,11H2;6-7H,4H2,1-3H3;3-6H,1H3;1H3;1H2;2*1H;/q4*-1;;;;. The summed E-state index contributed by atoms with van der Waals surface area (Å²) in [5, 5.41) is 0. The van der Waals surface area contributed by atoms with Crippen LogP contribution in [-0.4, -0.2) is 4.21 Å². The number of allylic oxidation sites excluding steroid dienone is 4. The molecule has 0 bridgehead atoms. The third-order valence-corrected chi connectivity index (χ3v) is 5.76. The summed E-state index contributed by atoms with van der Waals surface area (Å²) < 4.78 is 3.34. The molecule has 0 saturated carbocycles. The second-order valence-corrected chi connectivity index (χ2v) is 9.37. The maximum Gasteiger partial charge on any atom is -0.358 e. The third-order valence-electron chi connectivity index (χ3n) is 5.76. The number of aryl methyl sites for hydroxylation is 1. The van der Waals surface area contributed by atoms with Gasteiger partial charge in [0.05, 0.1) is 0 Å². The second-order valence-electron chi connectivity index (χ2n) is 9.37. The molecule has 38 heavy (non-hydrogen) atoms. The number of hydrogen-bond acceptors (Lipinski definition) is 0. The first-order valence-corrected chi connectivity index (χ1v) is 13.5. The quantitative estimate of drug-likeness (QED) is 0.195.